The highest BCUT2D eigenvalue weighted by Gasteiger charge is 2.14. The molecular formula is C17H18N10O2. The van der Waals surface area contributed by atoms with Crippen molar-refractivity contribution in [1.29, 1.82) is 0 Å². The third-order valence-electron chi connectivity index (χ3n) is 3.88. The predicted molar refractivity (Wildman–Crippen MR) is 102 cm³/mol. The molecule has 0 radical (unpaired) electrons. The predicted octanol–water partition coefficient (Wildman–Crippen LogP) is 1.17. The summed E-state index contributed by atoms with van der Waals surface area (Å²) in [7, 11) is 0. The summed E-state index contributed by atoms with van der Waals surface area (Å²) in [6, 6.07) is 15.2. The van der Waals surface area contributed by atoms with Crippen LogP contribution in [0.1, 0.15) is 12.5 Å². The molecule has 3 N–H and O–H groups in total. The largest absolute Gasteiger partial charge is 0.490 e. The van der Waals surface area contributed by atoms with Crippen molar-refractivity contribution in [2.45, 2.75) is 13.5 Å². The average Bonchev–Trinajstić information content (AvgIpc) is 3.37. The molecule has 0 aliphatic carbocycles. The molecule has 0 aliphatic heterocycles. The Morgan fingerprint density at radius 2 is 1.83 bits per heavy atom. The Bertz CT molecular complexity index is 1080. The Labute approximate surface area is 165 Å². The number of nitrogens with zero attached hydrogens (tertiary/aromatic N) is 8. The van der Waals surface area contributed by atoms with Crippen molar-refractivity contribution in [1.82, 2.24) is 40.5 Å². The van der Waals surface area contributed by atoms with Crippen LogP contribution in [-0.2, 0) is 6.54 Å². The van der Waals surface area contributed by atoms with Gasteiger partial charge in [-0.2, -0.15) is 4.68 Å². The molecule has 29 heavy (non-hydrogen) atoms. The Kier molecular flexibility index (Phi) is 5.14. The van der Waals surface area contributed by atoms with E-state index in [4.69, 9.17) is 15.2 Å². The van der Waals surface area contributed by atoms with Gasteiger partial charge in [0.15, 0.2) is 11.5 Å². The SMILES string of the molecule is CCOc1cc(CNn2nnnc2N)ccc1Oc1nnnn1-c1ccccc1. The first-order chi connectivity index (χ1) is 14.2. The molecule has 148 valence electrons. The van der Waals surface area contributed by atoms with Crippen molar-refractivity contribution in [3.8, 4) is 23.2 Å². The highest BCUT2D eigenvalue weighted by Crippen LogP contribution is 2.32. The fraction of sp³-hybridized carbons (Fsp3) is 0.176. The van der Waals surface area contributed by atoms with Crippen molar-refractivity contribution >= 4 is 5.95 Å². The number of hydrogen-bond donors (Lipinski definition) is 2. The molecule has 4 aromatic rings. The monoisotopic (exact) mass is 394 g/mol. The van der Waals surface area contributed by atoms with Crippen molar-refractivity contribution in [3.05, 3.63) is 54.1 Å². The first-order valence-corrected chi connectivity index (χ1v) is 8.79. The fourth-order valence-corrected chi connectivity index (χ4v) is 2.56. The summed E-state index contributed by atoms with van der Waals surface area (Å²) in [5, 5.41) is 22.5. The lowest BCUT2D eigenvalue weighted by atomic mass is 10.2. The topological polar surface area (TPSA) is 144 Å². The van der Waals surface area contributed by atoms with Crippen molar-refractivity contribution in [3.63, 3.8) is 0 Å². The minimum atomic E-state index is 0.169. The van der Waals surface area contributed by atoms with Crippen LogP contribution in [0.5, 0.6) is 17.5 Å². The van der Waals surface area contributed by atoms with Crippen LogP contribution >= 0.6 is 0 Å². The lowest BCUT2D eigenvalue weighted by Crippen LogP contribution is -2.18. The van der Waals surface area contributed by atoms with Crippen molar-refractivity contribution in [2.24, 2.45) is 0 Å². The molecule has 0 amide bonds. The van der Waals surface area contributed by atoms with Crippen LogP contribution in [0.4, 0.5) is 5.95 Å². The molecule has 0 fully saturated rings. The third kappa shape index (κ3) is 4.05. The second-order valence-corrected chi connectivity index (χ2v) is 5.81. The maximum absolute atomic E-state index is 5.94. The normalized spacial score (nSPS) is 10.7. The number of benzene rings is 2. The zero-order chi connectivity index (χ0) is 20.1. The summed E-state index contributed by atoms with van der Waals surface area (Å²) in [5.41, 5.74) is 10.3. The minimum Gasteiger partial charge on any atom is -0.490 e. The van der Waals surface area contributed by atoms with Gasteiger partial charge in [0, 0.05) is 0 Å². The molecule has 0 bridgehead atoms. The van der Waals surface area contributed by atoms with Gasteiger partial charge in [0.05, 0.1) is 18.8 Å². The molecule has 2 heterocycles. The second kappa shape index (κ2) is 8.21. The van der Waals surface area contributed by atoms with E-state index < -0.39 is 0 Å². The zero-order valence-electron chi connectivity index (χ0n) is 15.5. The van der Waals surface area contributed by atoms with Gasteiger partial charge in [0.25, 0.3) is 5.95 Å². The number of tetrazole rings is 2. The second-order valence-electron chi connectivity index (χ2n) is 5.81. The van der Waals surface area contributed by atoms with E-state index in [1.807, 2.05) is 49.4 Å². The van der Waals surface area contributed by atoms with Crippen LogP contribution in [0, 0.1) is 0 Å². The molecule has 4 rings (SSSR count). The van der Waals surface area contributed by atoms with Crippen LogP contribution < -0.4 is 20.6 Å². The standard InChI is InChI=1S/C17H18N10O2/c1-2-28-15-10-12(11-19-27-16(18)20-22-25-27)8-9-14(15)29-17-21-23-24-26(17)13-6-4-3-5-7-13/h3-10,19H,2,11H2,1H3,(H2,18,20,25). The molecule has 12 nitrogen and oxygen atoms in total. The number of nitrogen functional groups attached to an aromatic ring is 1. The van der Waals surface area contributed by atoms with Crippen molar-refractivity contribution < 1.29 is 9.47 Å². The number of aromatic nitrogens is 8. The highest BCUT2D eigenvalue weighted by atomic mass is 16.5. The van der Waals surface area contributed by atoms with E-state index in [9.17, 15) is 0 Å². The molecule has 0 atom stereocenters. The molecule has 0 unspecified atom stereocenters. The average molecular weight is 394 g/mol. The molecule has 0 aliphatic rings. The van der Waals surface area contributed by atoms with E-state index >= 15 is 0 Å². The van der Waals surface area contributed by atoms with Gasteiger partial charge in [0.1, 0.15) is 0 Å². The summed E-state index contributed by atoms with van der Waals surface area (Å²) in [6.07, 6.45) is 0. The number of nitrogens with one attached hydrogen (secondary N) is 1. The molecule has 12 heteroatoms. The number of para-hydroxylation sites is 1. The van der Waals surface area contributed by atoms with Gasteiger partial charge in [-0.3, -0.25) is 0 Å². The molecule has 0 saturated carbocycles. The first kappa shape index (κ1) is 18.2. The summed E-state index contributed by atoms with van der Waals surface area (Å²) < 4.78 is 13.2. The minimum absolute atomic E-state index is 0.169. The lowest BCUT2D eigenvalue weighted by molar-refractivity contribution is 0.315. The quantitative estimate of drug-likeness (QED) is 0.447. The highest BCUT2D eigenvalue weighted by molar-refractivity contribution is 5.45. The van der Waals surface area contributed by atoms with Crippen LogP contribution in [0.3, 0.4) is 0 Å². The van der Waals surface area contributed by atoms with E-state index in [0.717, 1.165) is 11.3 Å². The van der Waals surface area contributed by atoms with Crippen molar-refractivity contribution in [2.75, 3.05) is 17.8 Å². The summed E-state index contributed by atoms with van der Waals surface area (Å²) in [6.45, 7) is 2.79. The van der Waals surface area contributed by atoms with E-state index in [1.165, 1.54) is 9.47 Å². The summed E-state index contributed by atoms with van der Waals surface area (Å²) >= 11 is 0. The smallest absolute Gasteiger partial charge is 0.346 e. The number of ether oxygens (including phenoxy) is 2. The Morgan fingerprint density at radius 1 is 1.00 bits per heavy atom. The fourth-order valence-electron chi connectivity index (χ4n) is 2.56. The molecular weight excluding hydrogens is 376 g/mol. The molecule has 0 spiro atoms. The Morgan fingerprint density at radius 3 is 2.59 bits per heavy atom. The van der Waals surface area contributed by atoms with Crippen LogP contribution in [0.15, 0.2) is 48.5 Å². The zero-order valence-corrected chi connectivity index (χ0v) is 15.5. The van der Waals surface area contributed by atoms with E-state index in [1.54, 1.807) is 6.07 Å². The van der Waals surface area contributed by atoms with E-state index in [2.05, 4.69) is 36.5 Å². The Balaban J connectivity index is 1.55. The molecule has 2 aromatic carbocycles. The maximum atomic E-state index is 5.94. The van der Waals surface area contributed by atoms with E-state index in [-0.39, 0.29) is 12.0 Å². The van der Waals surface area contributed by atoms with Gasteiger partial charge in [-0.1, -0.05) is 34.5 Å². The third-order valence-corrected chi connectivity index (χ3v) is 3.88. The van der Waals surface area contributed by atoms with Gasteiger partial charge < -0.3 is 20.6 Å². The van der Waals surface area contributed by atoms with Gasteiger partial charge in [-0.25, -0.2) is 0 Å². The van der Waals surface area contributed by atoms with Gasteiger partial charge in [-0.15, -0.1) is 4.79 Å². The van der Waals surface area contributed by atoms with Gasteiger partial charge >= 0.3 is 6.01 Å². The van der Waals surface area contributed by atoms with E-state index in [0.29, 0.717) is 24.7 Å². The van der Waals surface area contributed by atoms with Gasteiger partial charge in [0.2, 0.25) is 0 Å². The van der Waals surface area contributed by atoms with Crippen LogP contribution in [0.2, 0.25) is 0 Å². The number of nitrogens with two attached hydrogens (primary N) is 1. The number of rotatable bonds is 8. The first-order valence-electron chi connectivity index (χ1n) is 8.79. The van der Waals surface area contributed by atoms with Crippen LogP contribution in [-0.4, -0.2) is 47.1 Å². The molecule has 0 saturated heterocycles. The lowest BCUT2D eigenvalue weighted by Gasteiger charge is -2.13. The Hall–Kier alpha value is -4.22. The molecule has 2 aromatic heterocycles. The summed E-state index contributed by atoms with van der Waals surface area (Å²) in [5.74, 6) is 1.21. The number of anilines is 1. The number of hydrogen-bond acceptors (Lipinski definition) is 10. The van der Waals surface area contributed by atoms with Crippen LogP contribution in [0.25, 0.3) is 5.69 Å². The summed E-state index contributed by atoms with van der Waals surface area (Å²) in [4.78, 5) is 1.29. The van der Waals surface area contributed by atoms with Gasteiger partial charge in [-0.05, 0) is 57.6 Å². The maximum Gasteiger partial charge on any atom is 0.346 e.